The van der Waals surface area contributed by atoms with Crippen LogP contribution in [0.1, 0.15) is 61.8 Å². The average molecular weight is 513 g/mol. The van der Waals surface area contributed by atoms with Gasteiger partial charge in [-0.1, -0.05) is 61.2 Å². The highest BCUT2D eigenvalue weighted by atomic mass is 28.4. The summed E-state index contributed by atoms with van der Waals surface area (Å²) in [6.07, 6.45) is 0.400. The number of ether oxygens (including phenoxy) is 2. The van der Waals surface area contributed by atoms with Crippen molar-refractivity contribution in [3.63, 3.8) is 0 Å². The molecule has 33 heavy (non-hydrogen) atoms. The molecule has 1 saturated heterocycles. The maximum absolute atomic E-state index is 7.11. The van der Waals surface area contributed by atoms with Crippen molar-refractivity contribution >= 4 is 24.7 Å². The topological polar surface area (TPSA) is 36.9 Å². The normalized spacial score (nSPS) is 31.1. The van der Waals surface area contributed by atoms with Crippen LogP contribution >= 0.6 is 0 Å². The van der Waals surface area contributed by atoms with Crippen LogP contribution in [0.3, 0.4) is 0 Å². The van der Waals surface area contributed by atoms with E-state index in [0.717, 1.165) is 6.42 Å². The number of fused-ring (bicyclic) bond motifs is 1. The van der Waals surface area contributed by atoms with Gasteiger partial charge in [-0.3, -0.25) is 0 Å². The first-order chi connectivity index (χ1) is 14.5. The van der Waals surface area contributed by atoms with E-state index in [0.29, 0.717) is 0 Å². The first-order valence-electron chi connectivity index (χ1n) is 12.7. The summed E-state index contributed by atoms with van der Waals surface area (Å²) < 4.78 is 27.3. The summed E-state index contributed by atoms with van der Waals surface area (Å²) in [5.41, 5.74) is 3.61. The Morgan fingerprint density at radius 1 is 0.758 bits per heavy atom. The summed E-state index contributed by atoms with van der Waals surface area (Å²) >= 11 is 0. The van der Waals surface area contributed by atoms with Crippen LogP contribution in [0.2, 0.25) is 55.9 Å². The smallest absolute Gasteiger partial charge is 0.192 e. The molecule has 5 atom stereocenters. The van der Waals surface area contributed by atoms with E-state index in [9.17, 15) is 0 Å². The second kappa shape index (κ2) is 9.17. The predicted molar refractivity (Wildman–Crippen MR) is 147 cm³/mol. The van der Waals surface area contributed by atoms with E-state index in [-0.39, 0.29) is 40.4 Å². The third-order valence-electron chi connectivity index (χ3n) is 7.86. The lowest BCUT2D eigenvalue weighted by molar-refractivity contribution is -0.156. The first-order valence-corrected chi connectivity index (χ1v) is 22.0. The van der Waals surface area contributed by atoms with Crippen LogP contribution in [-0.4, -0.2) is 54.9 Å². The molecule has 2 aliphatic rings. The molecule has 7 heteroatoms. The van der Waals surface area contributed by atoms with E-state index in [2.05, 4.69) is 98.8 Å². The van der Waals surface area contributed by atoms with Crippen LogP contribution in [0, 0.1) is 17.4 Å². The summed E-state index contributed by atoms with van der Waals surface area (Å²) in [5.74, 6) is 3.09. The van der Waals surface area contributed by atoms with Gasteiger partial charge in [-0.2, -0.15) is 0 Å². The molecule has 0 spiro atoms. The number of hydrogen-bond donors (Lipinski definition) is 0. The Kier molecular flexibility index (Phi) is 8.14. The van der Waals surface area contributed by atoms with Gasteiger partial charge in [0.15, 0.2) is 22.4 Å². The maximum atomic E-state index is 7.11. The Morgan fingerprint density at radius 3 is 1.67 bits per heavy atom. The molecule has 1 aliphatic heterocycles. The molecule has 0 radical (unpaired) electrons. The standard InChI is InChI=1S/C26H52O4Si3/c1-24(2,3)32(12,13)29-20-18-19(16-17-31(9,10)11)21-23(28-26(7,8)27-21)22(20)30-33(14,15)25(4,5)6/h19-23H,18H2,1-15H3/t19?,20-,21+,22+,23+/m0/s1. The zero-order chi connectivity index (χ0) is 25.8. The van der Waals surface area contributed by atoms with Gasteiger partial charge in [0.2, 0.25) is 0 Å². The second-order valence-electron chi connectivity index (χ2n) is 14.7. The number of hydrogen-bond acceptors (Lipinski definition) is 4. The molecule has 0 aromatic carbocycles. The van der Waals surface area contributed by atoms with Crippen molar-refractivity contribution in [2.45, 2.75) is 148 Å². The number of rotatable bonds is 4. The van der Waals surface area contributed by atoms with Crippen molar-refractivity contribution in [1.29, 1.82) is 0 Å². The first kappa shape index (κ1) is 29.3. The Balaban J connectivity index is 2.54. The summed E-state index contributed by atoms with van der Waals surface area (Å²) in [4.78, 5) is 0. The van der Waals surface area contributed by atoms with Crippen molar-refractivity contribution in [3.8, 4) is 11.5 Å². The van der Waals surface area contributed by atoms with Gasteiger partial charge in [0.05, 0.1) is 18.1 Å². The molecule has 1 saturated carbocycles. The van der Waals surface area contributed by atoms with Gasteiger partial charge in [0.1, 0.15) is 20.3 Å². The molecule has 0 aromatic rings. The zero-order valence-corrected chi connectivity index (χ0v) is 27.2. The van der Waals surface area contributed by atoms with Crippen molar-refractivity contribution < 1.29 is 18.3 Å². The molecule has 4 nitrogen and oxygen atoms in total. The van der Waals surface area contributed by atoms with E-state index in [1.54, 1.807) is 0 Å². The fourth-order valence-electron chi connectivity index (χ4n) is 3.89. The van der Waals surface area contributed by atoms with E-state index >= 15 is 0 Å². The van der Waals surface area contributed by atoms with Crippen molar-refractivity contribution in [2.75, 3.05) is 0 Å². The Hall–Kier alpha value is 0.0506. The fraction of sp³-hybridized carbons (Fsp3) is 0.923. The molecule has 0 aromatic heterocycles. The van der Waals surface area contributed by atoms with Gasteiger partial charge < -0.3 is 18.3 Å². The molecule has 0 bridgehead atoms. The summed E-state index contributed by atoms with van der Waals surface area (Å²) in [7, 11) is -5.60. The minimum absolute atomic E-state index is 0.0419. The van der Waals surface area contributed by atoms with E-state index in [4.69, 9.17) is 18.3 Å². The maximum Gasteiger partial charge on any atom is 0.192 e. The van der Waals surface area contributed by atoms with Crippen LogP contribution in [0.25, 0.3) is 0 Å². The molecule has 2 fully saturated rings. The molecule has 0 amide bonds. The van der Waals surface area contributed by atoms with Gasteiger partial charge in [-0.05, 0) is 56.5 Å². The van der Waals surface area contributed by atoms with Gasteiger partial charge in [0, 0.05) is 0 Å². The minimum atomic E-state index is -2.06. The molecule has 1 unspecified atom stereocenters. The molecular weight excluding hydrogens is 461 g/mol. The molecule has 1 aliphatic carbocycles. The SMILES string of the molecule is CC1(C)O[C@H]2[C@H](O[Si](C)(C)C(C)(C)C)[C@@H](O[Si](C)(C)C(C)(C)C)CC(C#C[Si](C)(C)C)[C@H]2O1. The minimum Gasteiger partial charge on any atom is -0.411 e. The lowest BCUT2D eigenvalue weighted by atomic mass is 9.81. The van der Waals surface area contributed by atoms with Crippen LogP contribution in [0.5, 0.6) is 0 Å². The third-order valence-corrected chi connectivity index (χ3v) is 17.7. The molecule has 0 N–H and O–H groups in total. The Bertz CT molecular complexity index is 760. The predicted octanol–water partition coefficient (Wildman–Crippen LogP) is 7.19. The van der Waals surface area contributed by atoms with Crippen molar-refractivity contribution in [3.05, 3.63) is 0 Å². The molecule has 192 valence electrons. The highest BCUT2D eigenvalue weighted by Crippen LogP contribution is 2.47. The quantitative estimate of drug-likeness (QED) is 0.295. The fourth-order valence-corrected chi connectivity index (χ4v) is 7.17. The Morgan fingerprint density at radius 2 is 1.21 bits per heavy atom. The van der Waals surface area contributed by atoms with Crippen molar-refractivity contribution in [2.24, 2.45) is 5.92 Å². The largest absolute Gasteiger partial charge is 0.411 e. The van der Waals surface area contributed by atoms with Crippen LogP contribution in [0.4, 0.5) is 0 Å². The molecular formula is C26H52O4Si3. The van der Waals surface area contributed by atoms with Gasteiger partial charge >= 0.3 is 0 Å². The average Bonchev–Trinajstić information content (AvgIpc) is 2.87. The highest BCUT2D eigenvalue weighted by Gasteiger charge is 2.58. The van der Waals surface area contributed by atoms with Crippen LogP contribution in [-0.2, 0) is 18.3 Å². The van der Waals surface area contributed by atoms with Crippen LogP contribution in [0.15, 0.2) is 0 Å². The Labute approximate surface area is 208 Å². The summed E-state index contributed by atoms with van der Waals surface area (Å²) in [6.45, 7) is 34.0. The monoisotopic (exact) mass is 512 g/mol. The third kappa shape index (κ3) is 7.06. The van der Waals surface area contributed by atoms with E-state index < -0.39 is 30.5 Å². The second-order valence-corrected chi connectivity index (χ2v) is 28.9. The van der Waals surface area contributed by atoms with Gasteiger partial charge in [-0.25, -0.2) is 0 Å². The molecule has 2 rings (SSSR count). The van der Waals surface area contributed by atoms with Gasteiger partial charge in [-0.15, -0.1) is 11.5 Å². The zero-order valence-electron chi connectivity index (χ0n) is 24.2. The van der Waals surface area contributed by atoms with Gasteiger partial charge in [0.25, 0.3) is 0 Å². The molecule has 1 heterocycles. The van der Waals surface area contributed by atoms with E-state index in [1.165, 1.54) is 0 Å². The lowest BCUT2D eigenvalue weighted by Crippen LogP contribution is -2.61. The summed E-state index contributed by atoms with van der Waals surface area (Å²) in [6, 6.07) is 0. The summed E-state index contributed by atoms with van der Waals surface area (Å²) in [5, 5.41) is 0.227. The van der Waals surface area contributed by atoms with Crippen molar-refractivity contribution in [1.82, 2.24) is 0 Å². The highest BCUT2D eigenvalue weighted by molar-refractivity contribution is 6.83. The van der Waals surface area contributed by atoms with Crippen LogP contribution < -0.4 is 0 Å². The van der Waals surface area contributed by atoms with E-state index in [1.807, 2.05) is 13.8 Å². The lowest BCUT2D eigenvalue weighted by Gasteiger charge is -2.49.